The highest BCUT2D eigenvalue weighted by atomic mass is 16.2. The molecular formula is C25H32N6O2. The van der Waals surface area contributed by atoms with Gasteiger partial charge in [0.25, 0.3) is 0 Å². The van der Waals surface area contributed by atoms with Gasteiger partial charge in [0.1, 0.15) is 6.04 Å². The number of ketones is 1. The molecule has 8 heteroatoms. The van der Waals surface area contributed by atoms with Crippen molar-refractivity contribution in [2.24, 2.45) is 22.9 Å². The number of hydrogen-bond acceptors (Lipinski definition) is 7. The van der Waals surface area contributed by atoms with Crippen LogP contribution in [0.15, 0.2) is 66.9 Å². The number of para-hydroxylation sites is 1. The first kappa shape index (κ1) is 24.5. The van der Waals surface area contributed by atoms with Crippen molar-refractivity contribution < 1.29 is 9.59 Å². The van der Waals surface area contributed by atoms with Crippen LogP contribution in [0.1, 0.15) is 17.5 Å². The van der Waals surface area contributed by atoms with Gasteiger partial charge in [-0.3, -0.25) is 14.6 Å². The van der Waals surface area contributed by atoms with Gasteiger partial charge in [0, 0.05) is 36.6 Å². The maximum absolute atomic E-state index is 13.2. The molecule has 3 aromatic rings. The Morgan fingerprint density at radius 1 is 0.939 bits per heavy atom. The fourth-order valence-electron chi connectivity index (χ4n) is 3.67. The van der Waals surface area contributed by atoms with Crippen molar-refractivity contribution in [1.82, 2.24) is 10.3 Å². The zero-order chi connectivity index (χ0) is 23.8. The maximum atomic E-state index is 13.2. The first-order chi connectivity index (χ1) is 15.9. The van der Waals surface area contributed by atoms with E-state index in [1.807, 2.05) is 60.7 Å². The van der Waals surface area contributed by atoms with E-state index in [-0.39, 0.29) is 18.7 Å². The summed E-state index contributed by atoms with van der Waals surface area (Å²) in [5.41, 5.74) is 26.1. The lowest BCUT2D eigenvalue weighted by molar-refractivity contribution is -0.128. The summed E-state index contributed by atoms with van der Waals surface area (Å²) >= 11 is 0. The molecule has 0 radical (unpaired) electrons. The SMILES string of the molecule is NCC(N)C(N)[C@H](N)C(=O)N[C@@H](CCc1ccccc1)C(=O)Cc1cnc2ccccc2c1. The lowest BCUT2D eigenvalue weighted by Gasteiger charge is -2.26. The Balaban J connectivity index is 1.74. The van der Waals surface area contributed by atoms with Crippen molar-refractivity contribution in [2.45, 2.75) is 43.4 Å². The topological polar surface area (TPSA) is 163 Å². The van der Waals surface area contributed by atoms with Crippen molar-refractivity contribution in [3.05, 3.63) is 78.0 Å². The number of hydrogen-bond donors (Lipinski definition) is 5. The number of benzene rings is 2. The van der Waals surface area contributed by atoms with Gasteiger partial charge in [-0.2, -0.15) is 0 Å². The number of fused-ring (bicyclic) bond motifs is 1. The monoisotopic (exact) mass is 448 g/mol. The smallest absolute Gasteiger partial charge is 0.239 e. The van der Waals surface area contributed by atoms with Gasteiger partial charge in [0.15, 0.2) is 5.78 Å². The highest BCUT2D eigenvalue weighted by Crippen LogP contribution is 2.15. The van der Waals surface area contributed by atoms with Gasteiger partial charge >= 0.3 is 0 Å². The van der Waals surface area contributed by atoms with Crippen molar-refractivity contribution in [3.8, 4) is 0 Å². The van der Waals surface area contributed by atoms with Crippen molar-refractivity contribution in [1.29, 1.82) is 0 Å². The van der Waals surface area contributed by atoms with Crippen molar-refractivity contribution in [2.75, 3.05) is 6.54 Å². The highest BCUT2D eigenvalue weighted by Gasteiger charge is 2.29. The summed E-state index contributed by atoms with van der Waals surface area (Å²) in [5.74, 6) is -0.644. The van der Waals surface area contributed by atoms with Gasteiger partial charge in [-0.1, -0.05) is 48.5 Å². The standard InChI is InChI=1S/C25H32N6O2/c26-14-19(27)23(28)24(29)25(33)31-21(11-10-16-6-2-1-3-7-16)22(32)13-17-12-18-8-4-5-9-20(18)30-15-17/h1-9,12,15,19,21,23-24H,10-11,13-14,26-29H2,(H,31,33)/t19?,21-,23?,24-/m0/s1. The van der Waals surface area contributed by atoms with E-state index < -0.39 is 30.1 Å². The fraction of sp³-hybridized carbons (Fsp3) is 0.320. The molecule has 1 aromatic heterocycles. The van der Waals surface area contributed by atoms with Crippen molar-refractivity contribution in [3.63, 3.8) is 0 Å². The molecule has 2 unspecified atom stereocenters. The van der Waals surface area contributed by atoms with Gasteiger partial charge in [0.2, 0.25) is 5.91 Å². The van der Waals surface area contributed by atoms with Crippen LogP contribution in [0, 0.1) is 0 Å². The van der Waals surface area contributed by atoms with E-state index in [1.54, 1.807) is 6.20 Å². The molecular weight excluding hydrogens is 416 g/mol. The molecule has 0 saturated carbocycles. The average molecular weight is 449 g/mol. The molecule has 0 aliphatic rings. The van der Waals surface area contributed by atoms with Crippen molar-refractivity contribution >= 4 is 22.6 Å². The minimum Gasteiger partial charge on any atom is -0.345 e. The molecule has 0 aliphatic heterocycles. The summed E-state index contributed by atoms with van der Waals surface area (Å²) < 4.78 is 0. The van der Waals surface area contributed by atoms with E-state index in [1.165, 1.54) is 0 Å². The third-order valence-corrected chi connectivity index (χ3v) is 5.78. The molecule has 0 bridgehead atoms. The first-order valence-corrected chi connectivity index (χ1v) is 11.1. The van der Waals surface area contributed by atoms with Crippen LogP contribution in [-0.4, -0.2) is 47.4 Å². The zero-order valence-electron chi connectivity index (χ0n) is 18.6. The molecule has 1 amide bonds. The summed E-state index contributed by atoms with van der Waals surface area (Å²) in [6, 6.07) is 16.2. The number of Topliss-reactive ketones (excluding diaryl/α,β-unsaturated/α-hetero) is 1. The van der Waals surface area contributed by atoms with E-state index in [2.05, 4.69) is 10.3 Å². The highest BCUT2D eigenvalue weighted by molar-refractivity contribution is 5.92. The number of amides is 1. The molecule has 2 aromatic carbocycles. The molecule has 0 aliphatic carbocycles. The largest absolute Gasteiger partial charge is 0.345 e. The van der Waals surface area contributed by atoms with Gasteiger partial charge < -0.3 is 28.3 Å². The number of nitrogens with two attached hydrogens (primary N) is 4. The summed E-state index contributed by atoms with van der Waals surface area (Å²) in [7, 11) is 0. The van der Waals surface area contributed by atoms with E-state index in [0.29, 0.717) is 12.8 Å². The van der Waals surface area contributed by atoms with Gasteiger partial charge in [0.05, 0.1) is 11.6 Å². The van der Waals surface area contributed by atoms with Gasteiger partial charge in [-0.05, 0) is 36.1 Å². The molecule has 0 fully saturated rings. The molecule has 0 saturated heterocycles. The van der Waals surface area contributed by atoms with Crippen LogP contribution in [-0.2, 0) is 22.4 Å². The Morgan fingerprint density at radius 3 is 2.36 bits per heavy atom. The molecule has 1 heterocycles. The summed E-state index contributed by atoms with van der Waals surface area (Å²) in [6.45, 7) is 0.105. The number of nitrogens with one attached hydrogen (secondary N) is 1. The van der Waals surface area contributed by atoms with E-state index in [0.717, 1.165) is 22.0 Å². The number of nitrogens with zero attached hydrogens (tertiary/aromatic N) is 1. The molecule has 9 N–H and O–H groups in total. The number of aryl methyl sites for hydroxylation is 1. The fourth-order valence-corrected chi connectivity index (χ4v) is 3.67. The minimum absolute atomic E-state index is 0.105. The third-order valence-electron chi connectivity index (χ3n) is 5.78. The Morgan fingerprint density at radius 2 is 1.64 bits per heavy atom. The summed E-state index contributed by atoms with van der Waals surface area (Å²) in [6.07, 6.45) is 2.89. The quantitative estimate of drug-likeness (QED) is 0.283. The molecule has 8 nitrogen and oxygen atoms in total. The average Bonchev–Trinajstić information content (AvgIpc) is 2.85. The second-order valence-electron chi connectivity index (χ2n) is 8.27. The molecule has 33 heavy (non-hydrogen) atoms. The number of rotatable bonds is 11. The van der Waals surface area contributed by atoms with Crippen LogP contribution in [0.2, 0.25) is 0 Å². The zero-order valence-corrected chi connectivity index (χ0v) is 18.6. The number of carbonyl (C=O) groups excluding carboxylic acids is 2. The lowest BCUT2D eigenvalue weighted by Crippen LogP contribution is -2.62. The third kappa shape index (κ3) is 6.66. The van der Waals surface area contributed by atoms with E-state index >= 15 is 0 Å². The Hall–Kier alpha value is -3.17. The Labute approximate surface area is 193 Å². The van der Waals surface area contributed by atoms with Crippen LogP contribution >= 0.6 is 0 Å². The van der Waals surface area contributed by atoms with Crippen LogP contribution in [0.25, 0.3) is 10.9 Å². The Bertz CT molecular complexity index is 1070. The molecule has 4 atom stereocenters. The maximum Gasteiger partial charge on any atom is 0.239 e. The van der Waals surface area contributed by atoms with Crippen LogP contribution < -0.4 is 28.3 Å². The predicted molar refractivity (Wildman–Crippen MR) is 130 cm³/mol. The van der Waals surface area contributed by atoms with Crippen LogP contribution in [0.5, 0.6) is 0 Å². The lowest BCUT2D eigenvalue weighted by atomic mass is 9.96. The summed E-state index contributed by atoms with van der Waals surface area (Å²) in [4.78, 5) is 30.4. The summed E-state index contributed by atoms with van der Waals surface area (Å²) in [5, 5.41) is 3.75. The minimum atomic E-state index is -1.07. The molecule has 174 valence electrons. The second kappa shape index (κ2) is 11.6. The number of pyridine rings is 1. The van der Waals surface area contributed by atoms with Crippen LogP contribution in [0.4, 0.5) is 0 Å². The second-order valence-corrected chi connectivity index (χ2v) is 8.27. The Kier molecular flexibility index (Phi) is 8.62. The molecule has 3 rings (SSSR count). The van der Waals surface area contributed by atoms with E-state index in [4.69, 9.17) is 22.9 Å². The normalized spacial score (nSPS) is 14.9. The first-order valence-electron chi connectivity index (χ1n) is 11.1. The number of carbonyl (C=O) groups is 2. The van der Waals surface area contributed by atoms with E-state index in [9.17, 15) is 9.59 Å². The predicted octanol–water partition coefficient (Wildman–Crippen LogP) is 0.405. The van der Waals surface area contributed by atoms with Gasteiger partial charge in [-0.25, -0.2) is 0 Å². The molecule has 0 spiro atoms. The van der Waals surface area contributed by atoms with Gasteiger partial charge in [-0.15, -0.1) is 0 Å². The van der Waals surface area contributed by atoms with Crippen LogP contribution in [0.3, 0.4) is 0 Å². The number of aromatic nitrogens is 1.